The van der Waals surface area contributed by atoms with Crippen molar-refractivity contribution in [1.82, 2.24) is 24.9 Å². The Labute approximate surface area is 155 Å². The number of halogens is 1. The molecule has 130 valence electrons. The molecule has 2 aromatic heterocycles. The minimum Gasteiger partial charge on any atom is -0.349 e. The molecule has 2 heterocycles. The summed E-state index contributed by atoms with van der Waals surface area (Å²) in [5.74, 6) is 0.717. The number of nitrogens with zero attached hydrogens (tertiary/aromatic N) is 4. The molecule has 25 heavy (non-hydrogen) atoms. The van der Waals surface area contributed by atoms with E-state index in [0.29, 0.717) is 16.0 Å². The molecule has 0 saturated heterocycles. The molecular formula is C17H18ClN5OS. The third-order valence-corrected chi connectivity index (χ3v) is 4.77. The molecule has 0 aliphatic heterocycles. The van der Waals surface area contributed by atoms with E-state index < -0.39 is 0 Å². The normalized spacial score (nSPS) is 12.3. The Hall–Kier alpha value is -2.12. The summed E-state index contributed by atoms with van der Waals surface area (Å²) in [6.07, 6.45) is 0. The van der Waals surface area contributed by atoms with E-state index in [-0.39, 0.29) is 17.7 Å². The zero-order chi connectivity index (χ0) is 18.0. The Balaban J connectivity index is 1.60. The van der Waals surface area contributed by atoms with Crippen LogP contribution in [0.15, 0.2) is 35.5 Å². The Bertz CT molecular complexity index is 909. The SMILES string of the molecule is Cc1cc(C)n2nc(SCC(=O)NC(C)c3ccc(Cl)cc3)nc2n1. The lowest BCUT2D eigenvalue weighted by atomic mass is 10.1. The van der Waals surface area contributed by atoms with Crippen molar-refractivity contribution < 1.29 is 4.79 Å². The van der Waals surface area contributed by atoms with E-state index in [4.69, 9.17) is 11.6 Å². The van der Waals surface area contributed by atoms with Gasteiger partial charge < -0.3 is 5.32 Å². The third-order valence-electron chi connectivity index (χ3n) is 3.68. The van der Waals surface area contributed by atoms with Crippen LogP contribution >= 0.6 is 23.4 Å². The molecule has 0 spiro atoms. The lowest BCUT2D eigenvalue weighted by molar-refractivity contribution is -0.119. The van der Waals surface area contributed by atoms with Gasteiger partial charge in [0, 0.05) is 16.4 Å². The number of nitrogens with one attached hydrogen (secondary N) is 1. The largest absolute Gasteiger partial charge is 0.349 e. The number of fused-ring (bicyclic) bond motifs is 1. The first-order valence-electron chi connectivity index (χ1n) is 7.81. The zero-order valence-electron chi connectivity index (χ0n) is 14.2. The van der Waals surface area contributed by atoms with E-state index in [1.807, 2.05) is 51.1 Å². The molecule has 6 nitrogen and oxygen atoms in total. The van der Waals surface area contributed by atoms with Crippen molar-refractivity contribution in [3.8, 4) is 0 Å². The van der Waals surface area contributed by atoms with Crippen LogP contribution in [0.1, 0.15) is 29.9 Å². The first-order valence-corrected chi connectivity index (χ1v) is 9.17. The number of hydrogen-bond acceptors (Lipinski definition) is 5. The minimum absolute atomic E-state index is 0.0767. The highest BCUT2D eigenvalue weighted by Crippen LogP contribution is 2.18. The van der Waals surface area contributed by atoms with Crippen LogP contribution in [0.25, 0.3) is 5.78 Å². The van der Waals surface area contributed by atoms with Crippen molar-refractivity contribution in [3.05, 3.63) is 52.3 Å². The summed E-state index contributed by atoms with van der Waals surface area (Å²) in [5, 5.41) is 8.56. The molecule has 1 atom stereocenters. The Morgan fingerprint density at radius 1 is 1.28 bits per heavy atom. The van der Waals surface area contributed by atoms with Crippen molar-refractivity contribution in [2.75, 3.05) is 5.75 Å². The van der Waals surface area contributed by atoms with Gasteiger partial charge in [0.15, 0.2) is 0 Å². The van der Waals surface area contributed by atoms with Crippen LogP contribution in [-0.4, -0.2) is 31.2 Å². The molecule has 3 aromatic rings. The van der Waals surface area contributed by atoms with Crippen LogP contribution in [0.2, 0.25) is 5.02 Å². The van der Waals surface area contributed by atoms with Crippen molar-refractivity contribution in [2.24, 2.45) is 0 Å². The van der Waals surface area contributed by atoms with E-state index in [1.54, 1.807) is 4.52 Å². The van der Waals surface area contributed by atoms with Crippen molar-refractivity contribution >= 4 is 35.0 Å². The minimum atomic E-state index is -0.0917. The van der Waals surface area contributed by atoms with Gasteiger partial charge in [-0.05, 0) is 44.5 Å². The van der Waals surface area contributed by atoms with E-state index in [2.05, 4.69) is 20.4 Å². The first-order chi connectivity index (χ1) is 11.9. The Morgan fingerprint density at radius 2 is 2.00 bits per heavy atom. The second-order valence-corrected chi connectivity index (χ2v) is 7.15. The molecular weight excluding hydrogens is 358 g/mol. The Morgan fingerprint density at radius 3 is 2.72 bits per heavy atom. The smallest absolute Gasteiger partial charge is 0.253 e. The fourth-order valence-electron chi connectivity index (χ4n) is 2.46. The number of hydrogen-bond donors (Lipinski definition) is 1. The van der Waals surface area contributed by atoms with Crippen LogP contribution in [0.4, 0.5) is 0 Å². The highest BCUT2D eigenvalue weighted by Gasteiger charge is 2.13. The molecule has 8 heteroatoms. The summed E-state index contributed by atoms with van der Waals surface area (Å²) in [4.78, 5) is 20.9. The lowest BCUT2D eigenvalue weighted by Gasteiger charge is -2.13. The molecule has 1 unspecified atom stereocenters. The molecule has 1 amide bonds. The van der Waals surface area contributed by atoms with E-state index >= 15 is 0 Å². The van der Waals surface area contributed by atoms with Crippen molar-refractivity contribution in [1.29, 1.82) is 0 Å². The predicted molar refractivity (Wildman–Crippen MR) is 99.0 cm³/mol. The lowest BCUT2D eigenvalue weighted by Crippen LogP contribution is -2.28. The number of carbonyl (C=O) groups is 1. The summed E-state index contributed by atoms with van der Waals surface area (Å²) in [5.41, 5.74) is 2.86. The van der Waals surface area contributed by atoms with Gasteiger partial charge in [0.25, 0.3) is 5.78 Å². The molecule has 1 N–H and O–H groups in total. The van der Waals surface area contributed by atoms with Crippen LogP contribution in [-0.2, 0) is 4.79 Å². The monoisotopic (exact) mass is 375 g/mol. The molecule has 3 rings (SSSR count). The molecule has 0 aliphatic rings. The number of aryl methyl sites for hydroxylation is 2. The number of thioether (sulfide) groups is 1. The number of amides is 1. The first kappa shape index (κ1) is 17.7. The van der Waals surface area contributed by atoms with Gasteiger partial charge in [0.05, 0.1) is 11.8 Å². The average molecular weight is 376 g/mol. The van der Waals surface area contributed by atoms with Crippen LogP contribution in [0, 0.1) is 13.8 Å². The van der Waals surface area contributed by atoms with Gasteiger partial charge in [-0.25, -0.2) is 9.50 Å². The maximum Gasteiger partial charge on any atom is 0.253 e. The van der Waals surface area contributed by atoms with E-state index in [1.165, 1.54) is 11.8 Å². The van der Waals surface area contributed by atoms with Crippen LogP contribution in [0.5, 0.6) is 0 Å². The summed E-state index contributed by atoms with van der Waals surface area (Å²) < 4.78 is 1.68. The van der Waals surface area contributed by atoms with Gasteiger partial charge in [-0.15, -0.1) is 5.10 Å². The summed E-state index contributed by atoms with van der Waals surface area (Å²) in [6, 6.07) is 9.28. The highest BCUT2D eigenvalue weighted by molar-refractivity contribution is 7.99. The average Bonchev–Trinajstić information content (AvgIpc) is 2.97. The van der Waals surface area contributed by atoms with Crippen LogP contribution in [0.3, 0.4) is 0 Å². The molecule has 0 bridgehead atoms. The topological polar surface area (TPSA) is 72.2 Å². The summed E-state index contributed by atoms with van der Waals surface area (Å²) in [7, 11) is 0. The fraction of sp³-hybridized carbons (Fsp3) is 0.294. The van der Waals surface area contributed by atoms with E-state index in [9.17, 15) is 4.79 Å². The quantitative estimate of drug-likeness (QED) is 0.692. The molecule has 0 aliphatic carbocycles. The maximum atomic E-state index is 12.2. The maximum absolute atomic E-state index is 12.2. The van der Waals surface area contributed by atoms with Gasteiger partial charge >= 0.3 is 0 Å². The zero-order valence-corrected chi connectivity index (χ0v) is 15.7. The van der Waals surface area contributed by atoms with Gasteiger partial charge in [-0.1, -0.05) is 35.5 Å². The van der Waals surface area contributed by atoms with Crippen molar-refractivity contribution in [2.45, 2.75) is 32.0 Å². The molecule has 0 saturated carbocycles. The van der Waals surface area contributed by atoms with Crippen LogP contribution < -0.4 is 5.32 Å². The number of benzene rings is 1. The van der Waals surface area contributed by atoms with Crippen molar-refractivity contribution in [3.63, 3.8) is 0 Å². The summed E-state index contributed by atoms with van der Waals surface area (Å²) in [6.45, 7) is 5.80. The molecule has 0 radical (unpaired) electrons. The highest BCUT2D eigenvalue weighted by atomic mass is 35.5. The fourth-order valence-corrected chi connectivity index (χ4v) is 3.21. The summed E-state index contributed by atoms with van der Waals surface area (Å²) >= 11 is 7.17. The molecule has 0 fully saturated rings. The van der Waals surface area contributed by atoms with Gasteiger partial charge in [0.1, 0.15) is 0 Å². The van der Waals surface area contributed by atoms with Gasteiger partial charge in [-0.2, -0.15) is 4.98 Å². The number of aromatic nitrogens is 4. The van der Waals surface area contributed by atoms with Gasteiger partial charge in [0.2, 0.25) is 11.1 Å². The predicted octanol–water partition coefficient (Wildman–Crippen LogP) is 3.36. The number of carbonyl (C=O) groups excluding carboxylic acids is 1. The van der Waals surface area contributed by atoms with E-state index in [0.717, 1.165) is 17.0 Å². The Kier molecular flexibility index (Phi) is 5.24. The van der Waals surface area contributed by atoms with Gasteiger partial charge in [-0.3, -0.25) is 4.79 Å². The number of rotatable bonds is 5. The standard InChI is InChI=1S/C17H18ClN5OS/c1-10-8-11(2)23-16(19-10)21-17(22-23)25-9-15(24)20-12(3)13-4-6-14(18)7-5-13/h4-8,12H,9H2,1-3H3,(H,20,24). The molecule has 1 aromatic carbocycles. The second-order valence-electron chi connectivity index (χ2n) is 5.77. The second kappa shape index (κ2) is 7.41. The third kappa shape index (κ3) is 4.29.